The topological polar surface area (TPSA) is 76.1 Å². The van der Waals surface area contributed by atoms with Crippen molar-refractivity contribution in [3.63, 3.8) is 0 Å². The van der Waals surface area contributed by atoms with E-state index in [1.165, 1.54) is 4.90 Å². The summed E-state index contributed by atoms with van der Waals surface area (Å²) in [5.41, 5.74) is -1.21. The highest BCUT2D eigenvalue weighted by molar-refractivity contribution is 6.02. The number of hydrogen-bond acceptors (Lipinski definition) is 4. The van der Waals surface area contributed by atoms with Crippen molar-refractivity contribution >= 4 is 11.9 Å². The Labute approximate surface area is 107 Å². The van der Waals surface area contributed by atoms with Gasteiger partial charge in [0.05, 0.1) is 13.2 Å². The lowest BCUT2D eigenvalue weighted by molar-refractivity contribution is -0.168. The van der Waals surface area contributed by atoms with E-state index < -0.39 is 11.4 Å². The van der Waals surface area contributed by atoms with Crippen molar-refractivity contribution in [2.24, 2.45) is 5.41 Å². The van der Waals surface area contributed by atoms with Crippen LogP contribution in [-0.4, -0.2) is 62.4 Å². The van der Waals surface area contributed by atoms with E-state index in [9.17, 15) is 14.7 Å². The molecular weight excluding hydrogens is 238 g/mol. The molecule has 104 valence electrons. The van der Waals surface area contributed by atoms with E-state index >= 15 is 0 Å². The predicted molar refractivity (Wildman–Crippen MR) is 64.3 cm³/mol. The Hall–Kier alpha value is -1.14. The summed E-state index contributed by atoms with van der Waals surface area (Å²) in [4.78, 5) is 25.1. The zero-order chi connectivity index (χ0) is 13.6. The Balaban J connectivity index is 2.70. The van der Waals surface area contributed by atoms with E-state index in [2.05, 4.69) is 0 Å². The van der Waals surface area contributed by atoms with Crippen molar-refractivity contribution in [3.05, 3.63) is 0 Å². The largest absolute Gasteiger partial charge is 0.480 e. The number of ether oxygens (including phenoxy) is 2. The number of carbonyl (C=O) groups excluding carboxylic acids is 1. The average Bonchev–Trinajstić information content (AvgIpc) is 2.27. The molecule has 6 heteroatoms. The molecule has 1 rings (SSSR count). The van der Waals surface area contributed by atoms with Crippen LogP contribution >= 0.6 is 0 Å². The molecule has 1 saturated carbocycles. The second-order valence-corrected chi connectivity index (χ2v) is 4.52. The first kappa shape index (κ1) is 14.9. The van der Waals surface area contributed by atoms with Crippen LogP contribution in [0.5, 0.6) is 0 Å². The maximum absolute atomic E-state index is 12.3. The van der Waals surface area contributed by atoms with Crippen LogP contribution in [0.2, 0.25) is 0 Å². The molecule has 0 aromatic carbocycles. The standard InChI is InChI=1S/C12H21NO5/c1-17-8-6-13(7-9-18-2)10(14)12(11(15)16)4-3-5-12/h3-9H2,1-2H3,(H,15,16). The van der Waals surface area contributed by atoms with Crippen LogP contribution in [0.3, 0.4) is 0 Å². The molecule has 1 aliphatic carbocycles. The average molecular weight is 259 g/mol. The first-order chi connectivity index (χ1) is 8.58. The van der Waals surface area contributed by atoms with Crippen molar-refractivity contribution in [2.45, 2.75) is 19.3 Å². The molecule has 0 radical (unpaired) electrons. The summed E-state index contributed by atoms with van der Waals surface area (Å²) >= 11 is 0. The van der Waals surface area contributed by atoms with Gasteiger partial charge in [-0.3, -0.25) is 9.59 Å². The molecule has 0 bridgehead atoms. The fourth-order valence-corrected chi connectivity index (χ4v) is 2.07. The number of carbonyl (C=O) groups is 2. The third-order valence-corrected chi connectivity index (χ3v) is 3.44. The van der Waals surface area contributed by atoms with Crippen molar-refractivity contribution < 1.29 is 24.2 Å². The lowest BCUT2D eigenvalue weighted by Gasteiger charge is -2.39. The Morgan fingerprint density at radius 2 is 1.67 bits per heavy atom. The first-order valence-corrected chi connectivity index (χ1v) is 6.09. The normalized spacial score (nSPS) is 17.0. The smallest absolute Gasteiger partial charge is 0.319 e. The number of methoxy groups -OCH3 is 2. The summed E-state index contributed by atoms with van der Waals surface area (Å²) in [6.45, 7) is 1.58. The number of amides is 1. The molecule has 1 aliphatic rings. The summed E-state index contributed by atoms with van der Waals surface area (Å²) in [5.74, 6) is -1.33. The third kappa shape index (κ3) is 3.00. The SMILES string of the molecule is COCCN(CCOC)C(=O)C1(C(=O)O)CCC1. The number of aliphatic carboxylic acids is 1. The Morgan fingerprint density at radius 3 is 1.94 bits per heavy atom. The predicted octanol–water partition coefficient (Wildman–Crippen LogP) is 0.363. The van der Waals surface area contributed by atoms with E-state index in [1.54, 1.807) is 14.2 Å². The van der Waals surface area contributed by atoms with Crippen molar-refractivity contribution in [3.8, 4) is 0 Å². The fourth-order valence-electron chi connectivity index (χ4n) is 2.07. The van der Waals surface area contributed by atoms with E-state index in [4.69, 9.17) is 9.47 Å². The van der Waals surface area contributed by atoms with Crippen LogP contribution in [-0.2, 0) is 19.1 Å². The highest BCUT2D eigenvalue weighted by Crippen LogP contribution is 2.42. The number of carboxylic acids is 1. The molecule has 1 fully saturated rings. The van der Waals surface area contributed by atoms with Gasteiger partial charge in [-0.15, -0.1) is 0 Å². The maximum atomic E-state index is 12.3. The van der Waals surface area contributed by atoms with Crippen LogP contribution in [0.4, 0.5) is 0 Å². The van der Waals surface area contributed by atoms with Crippen LogP contribution in [0, 0.1) is 5.41 Å². The Morgan fingerprint density at radius 1 is 1.17 bits per heavy atom. The van der Waals surface area contributed by atoms with Crippen LogP contribution in [0.25, 0.3) is 0 Å². The minimum Gasteiger partial charge on any atom is -0.480 e. The zero-order valence-electron chi connectivity index (χ0n) is 11.0. The van der Waals surface area contributed by atoms with Gasteiger partial charge in [-0.2, -0.15) is 0 Å². The van der Waals surface area contributed by atoms with Crippen molar-refractivity contribution in [2.75, 3.05) is 40.5 Å². The third-order valence-electron chi connectivity index (χ3n) is 3.44. The van der Waals surface area contributed by atoms with Crippen LogP contribution < -0.4 is 0 Å². The summed E-state index contributed by atoms with van der Waals surface area (Å²) in [6, 6.07) is 0. The highest BCUT2D eigenvalue weighted by Gasteiger charge is 2.52. The fraction of sp³-hybridized carbons (Fsp3) is 0.833. The Bertz CT molecular complexity index is 293. The summed E-state index contributed by atoms with van der Waals surface area (Å²) in [7, 11) is 3.10. The van der Waals surface area contributed by atoms with Gasteiger partial charge in [0.15, 0.2) is 0 Å². The first-order valence-electron chi connectivity index (χ1n) is 6.09. The molecule has 0 saturated heterocycles. The van der Waals surface area contributed by atoms with Gasteiger partial charge in [0, 0.05) is 27.3 Å². The van der Waals surface area contributed by atoms with Gasteiger partial charge in [-0.1, -0.05) is 6.42 Å². The molecule has 0 heterocycles. The van der Waals surface area contributed by atoms with Gasteiger partial charge in [0.25, 0.3) is 0 Å². The number of rotatable bonds is 8. The maximum Gasteiger partial charge on any atom is 0.319 e. The van der Waals surface area contributed by atoms with Gasteiger partial charge in [-0.05, 0) is 12.8 Å². The van der Waals surface area contributed by atoms with Gasteiger partial charge in [0.2, 0.25) is 5.91 Å². The monoisotopic (exact) mass is 259 g/mol. The highest BCUT2D eigenvalue weighted by atomic mass is 16.5. The van der Waals surface area contributed by atoms with E-state index in [0.717, 1.165) is 6.42 Å². The van der Waals surface area contributed by atoms with E-state index in [-0.39, 0.29) is 5.91 Å². The van der Waals surface area contributed by atoms with Gasteiger partial charge < -0.3 is 19.5 Å². The van der Waals surface area contributed by atoms with Gasteiger partial charge >= 0.3 is 5.97 Å². The molecule has 0 unspecified atom stereocenters. The van der Waals surface area contributed by atoms with Crippen LogP contribution in [0.15, 0.2) is 0 Å². The summed E-state index contributed by atoms with van der Waals surface area (Å²) < 4.78 is 9.89. The lowest BCUT2D eigenvalue weighted by Crippen LogP contribution is -2.53. The zero-order valence-corrected chi connectivity index (χ0v) is 11.0. The number of nitrogens with zero attached hydrogens (tertiary/aromatic N) is 1. The second-order valence-electron chi connectivity index (χ2n) is 4.52. The molecule has 18 heavy (non-hydrogen) atoms. The molecule has 0 atom stereocenters. The molecule has 0 aromatic heterocycles. The van der Waals surface area contributed by atoms with Crippen molar-refractivity contribution in [1.82, 2.24) is 4.90 Å². The van der Waals surface area contributed by atoms with E-state index in [0.29, 0.717) is 39.1 Å². The molecule has 0 aromatic rings. The second kappa shape index (κ2) is 6.70. The quantitative estimate of drug-likeness (QED) is 0.637. The van der Waals surface area contributed by atoms with Crippen molar-refractivity contribution in [1.29, 1.82) is 0 Å². The van der Waals surface area contributed by atoms with Crippen LogP contribution in [0.1, 0.15) is 19.3 Å². The number of hydrogen-bond donors (Lipinski definition) is 1. The minimum atomic E-state index is -1.21. The molecule has 1 amide bonds. The minimum absolute atomic E-state index is 0.310. The van der Waals surface area contributed by atoms with Gasteiger partial charge in [0.1, 0.15) is 5.41 Å². The summed E-state index contributed by atoms with van der Waals surface area (Å²) in [5, 5.41) is 9.24. The van der Waals surface area contributed by atoms with E-state index in [1.807, 2.05) is 0 Å². The molecule has 1 N–H and O–H groups in total. The number of carboxylic acid groups (broad SMARTS) is 1. The molecular formula is C12H21NO5. The molecule has 6 nitrogen and oxygen atoms in total. The van der Waals surface area contributed by atoms with Gasteiger partial charge in [-0.25, -0.2) is 0 Å². The lowest BCUT2D eigenvalue weighted by atomic mass is 9.67. The Kier molecular flexibility index (Phi) is 5.55. The summed E-state index contributed by atoms with van der Waals surface area (Å²) in [6.07, 6.45) is 1.65. The molecule has 0 spiro atoms. The molecule has 0 aliphatic heterocycles.